The number of carbonyl (C=O) groups is 1. The molecule has 0 saturated carbocycles. The average molecular weight is 542 g/mol. The van der Waals surface area contributed by atoms with Crippen molar-refractivity contribution >= 4 is 50.3 Å². The summed E-state index contributed by atoms with van der Waals surface area (Å²) in [6.45, 7) is 6.15. The van der Waals surface area contributed by atoms with E-state index in [9.17, 15) is 4.79 Å². The van der Waals surface area contributed by atoms with E-state index in [2.05, 4.69) is 69.2 Å². The molecule has 33 heavy (non-hydrogen) atoms. The summed E-state index contributed by atoms with van der Waals surface area (Å²) in [5, 5.41) is 10.7. The first kappa shape index (κ1) is 22.1. The van der Waals surface area contributed by atoms with Crippen LogP contribution >= 0.6 is 38.6 Å². The fourth-order valence-electron chi connectivity index (χ4n) is 3.92. The molecule has 1 aromatic carbocycles. The molecule has 1 aliphatic heterocycles. The number of benzene rings is 1. The van der Waals surface area contributed by atoms with E-state index in [4.69, 9.17) is 9.73 Å². The lowest BCUT2D eigenvalue weighted by molar-refractivity contribution is -0.141. The quantitative estimate of drug-likeness (QED) is 0.314. The van der Waals surface area contributed by atoms with E-state index in [1.54, 1.807) is 22.7 Å². The van der Waals surface area contributed by atoms with E-state index < -0.39 is 6.04 Å². The number of hydrogen-bond donors (Lipinski definition) is 0. The number of halogens is 1. The highest BCUT2D eigenvalue weighted by Crippen LogP contribution is 2.40. The molecular formula is C23H20BrN5O2S2. The Morgan fingerprint density at radius 3 is 2.52 bits per heavy atom. The lowest BCUT2D eigenvalue weighted by Crippen LogP contribution is -2.12. The second kappa shape index (κ2) is 8.58. The van der Waals surface area contributed by atoms with Gasteiger partial charge in [0.2, 0.25) is 0 Å². The van der Waals surface area contributed by atoms with Crippen LogP contribution in [-0.2, 0) is 9.53 Å². The van der Waals surface area contributed by atoms with E-state index in [1.165, 1.54) is 17.6 Å². The molecule has 10 heteroatoms. The zero-order chi connectivity index (χ0) is 23.3. The molecule has 0 unspecified atom stereocenters. The molecule has 4 heterocycles. The molecule has 0 spiro atoms. The van der Waals surface area contributed by atoms with Crippen LogP contribution in [0.1, 0.15) is 45.7 Å². The van der Waals surface area contributed by atoms with Gasteiger partial charge in [-0.15, -0.1) is 32.9 Å². The van der Waals surface area contributed by atoms with Gasteiger partial charge in [-0.3, -0.25) is 14.4 Å². The smallest absolute Gasteiger partial charge is 0.308 e. The number of thiophene rings is 1. The summed E-state index contributed by atoms with van der Waals surface area (Å²) < 4.78 is 7.98. The molecule has 0 fully saturated rings. The van der Waals surface area contributed by atoms with Gasteiger partial charge in [0, 0.05) is 21.6 Å². The molecule has 168 valence electrons. The van der Waals surface area contributed by atoms with Gasteiger partial charge in [-0.2, -0.15) is 0 Å². The van der Waals surface area contributed by atoms with Crippen molar-refractivity contribution in [1.82, 2.24) is 19.7 Å². The largest absolute Gasteiger partial charge is 0.469 e. The maximum absolute atomic E-state index is 12.2. The number of methoxy groups -OCH3 is 1. The number of carbonyl (C=O) groups excluding carboxylic acids is 1. The predicted octanol–water partition coefficient (Wildman–Crippen LogP) is 5.60. The average Bonchev–Trinajstić information content (AvgIpc) is 3.46. The highest BCUT2D eigenvalue weighted by atomic mass is 79.9. The van der Waals surface area contributed by atoms with E-state index >= 15 is 0 Å². The van der Waals surface area contributed by atoms with Gasteiger partial charge >= 0.3 is 5.97 Å². The summed E-state index contributed by atoms with van der Waals surface area (Å²) in [5.74, 6) is 1.08. The highest BCUT2D eigenvalue weighted by Gasteiger charge is 2.32. The summed E-state index contributed by atoms with van der Waals surface area (Å²) in [7, 11) is 1.39. The Morgan fingerprint density at radius 1 is 1.12 bits per heavy atom. The van der Waals surface area contributed by atoms with Crippen LogP contribution in [0.2, 0.25) is 0 Å². The molecule has 0 radical (unpaired) electrons. The topological polar surface area (TPSA) is 82.3 Å². The fourth-order valence-corrected chi connectivity index (χ4v) is 6.35. The van der Waals surface area contributed by atoms with Crippen molar-refractivity contribution in [3.05, 3.63) is 67.5 Å². The summed E-state index contributed by atoms with van der Waals surface area (Å²) in [6.07, 6.45) is 1.90. The Morgan fingerprint density at radius 2 is 1.85 bits per heavy atom. The van der Waals surface area contributed by atoms with E-state index in [1.807, 2.05) is 17.7 Å². The lowest BCUT2D eigenvalue weighted by Gasteiger charge is -2.12. The molecule has 7 nitrogen and oxygen atoms in total. The van der Waals surface area contributed by atoms with Gasteiger partial charge in [0.05, 0.1) is 29.2 Å². The van der Waals surface area contributed by atoms with Crippen molar-refractivity contribution in [3.8, 4) is 15.6 Å². The Labute approximate surface area is 207 Å². The molecule has 1 atom stereocenters. The Balaban J connectivity index is 1.69. The summed E-state index contributed by atoms with van der Waals surface area (Å²) in [4.78, 5) is 23.0. The van der Waals surface area contributed by atoms with Crippen molar-refractivity contribution in [1.29, 1.82) is 0 Å². The van der Waals surface area contributed by atoms with Crippen LogP contribution in [0.15, 0.2) is 39.2 Å². The maximum Gasteiger partial charge on any atom is 0.308 e. The van der Waals surface area contributed by atoms with Gasteiger partial charge in [-0.25, -0.2) is 4.98 Å². The Hall–Kier alpha value is -2.69. The number of ether oxygens (including phenoxy) is 1. The summed E-state index contributed by atoms with van der Waals surface area (Å²) >= 11 is 6.76. The van der Waals surface area contributed by atoms with Crippen LogP contribution in [0.3, 0.4) is 0 Å². The van der Waals surface area contributed by atoms with Crippen molar-refractivity contribution < 1.29 is 9.53 Å². The standard InChI is InChI=1S/C23H20BrN5O2S2/c1-11-12(2)32-23-19(11)20(14-5-7-15(8-6-14)22-25-10-17(24)33-22)26-16(9-18(30)31-4)21-28-27-13(3)29(21)23/h5-8,10,16H,9H2,1-4H3/t16-/m0/s1. The molecular weight excluding hydrogens is 522 g/mol. The molecule has 3 aromatic heterocycles. The molecule has 5 rings (SSSR count). The van der Waals surface area contributed by atoms with Gasteiger partial charge in [0.15, 0.2) is 5.82 Å². The monoisotopic (exact) mass is 541 g/mol. The van der Waals surface area contributed by atoms with Crippen molar-refractivity contribution in [3.63, 3.8) is 0 Å². The number of rotatable bonds is 4. The second-order valence-corrected chi connectivity index (χ2v) is 11.3. The maximum atomic E-state index is 12.2. The van der Waals surface area contributed by atoms with Crippen LogP contribution < -0.4 is 0 Å². The number of hydrogen-bond acceptors (Lipinski definition) is 8. The number of aromatic nitrogens is 4. The van der Waals surface area contributed by atoms with Gasteiger partial charge in [-0.05, 0) is 42.3 Å². The van der Waals surface area contributed by atoms with E-state index in [0.717, 1.165) is 42.0 Å². The van der Waals surface area contributed by atoms with Crippen LogP contribution in [0.5, 0.6) is 0 Å². The minimum absolute atomic E-state index is 0.0936. The number of thiazole rings is 1. The first-order chi connectivity index (χ1) is 15.9. The third kappa shape index (κ3) is 3.85. The van der Waals surface area contributed by atoms with Crippen molar-refractivity contribution in [2.24, 2.45) is 4.99 Å². The molecule has 0 amide bonds. The first-order valence-electron chi connectivity index (χ1n) is 10.3. The lowest BCUT2D eigenvalue weighted by atomic mass is 9.98. The van der Waals surface area contributed by atoms with Gasteiger partial charge in [-0.1, -0.05) is 24.3 Å². The fraction of sp³-hybridized carbons (Fsp3) is 0.261. The van der Waals surface area contributed by atoms with Gasteiger partial charge < -0.3 is 4.74 Å². The number of aryl methyl sites for hydroxylation is 2. The van der Waals surface area contributed by atoms with Gasteiger partial charge in [0.1, 0.15) is 21.9 Å². The zero-order valence-electron chi connectivity index (χ0n) is 18.4. The molecule has 0 saturated heterocycles. The van der Waals surface area contributed by atoms with Crippen LogP contribution in [-0.4, -0.2) is 38.5 Å². The summed E-state index contributed by atoms with van der Waals surface area (Å²) in [6, 6.07) is 7.75. The number of nitrogens with zero attached hydrogens (tertiary/aromatic N) is 5. The first-order valence-corrected chi connectivity index (χ1v) is 12.7. The molecule has 4 aromatic rings. The van der Waals surface area contributed by atoms with Crippen LogP contribution in [0.25, 0.3) is 15.6 Å². The molecule has 0 N–H and O–H groups in total. The van der Waals surface area contributed by atoms with E-state index in [-0.39, 0.29) is 12.4 Å². The normalized spacial score (nSPS) is 14.9. The highest BCUT2D eigenvalue weighted by molar-refractivity contribution is 9.11. The van der Waals surface area contributed by atoms with E-state index in [0.29, 0.717) is 5.82 Å². The minimum atomic E-state index is -0.498. The van der Waals surface area contributed by atoms with Crippen LogP contribution in [0, 0.1) is 20.8 Å². The number of aliphatic imine (C=N–C) groups is 1. The van der Waals surface area contributed by atoms with Gasteiger partial charge in [0.25, 0.3) is 0 Å². The Kier molecular flexibility index (Phi) is 5.75. The number of esters is 1. The second-order valence-electron chi connectivity index (χ2n) is 7.72. The zero-order valence-corrected chi connectivity index (χ0v) is 21.6. The van der Waals surface area contributed by atoms with Crippen LogP contribution in [0.4, 0.5) is 0 Å². The minimum Gasteiger partial charge on any atom is -0.469 e. The SMILES string of the molecule is COC(=O)C[C@@H]1N=C(c2ccc(-c3ncc(Br)s3)cc2)c2c(sc(C)c2C)-n2c(C)nnc21. The Bertz CT molecular complexity index is 1400. The molecule has 0 bridgehead atoms. The third-order valence-corrected chi connectivity index (χ3v) is 8.43. The number of fused-ring (bicyclic) bond motifs is 3. The molecule has 0 aliphatic carbocycles. The summed E-state index contributed by atoms with van der Waals surface area (Å²) in [5.41, 5.74) is 5.08. The van der Waals surface area contributed by atoms with Crippen molar-refractivity contribution in [2.45, 2.75) is 33.2 Å². The predicted molar refractivity (Wildman–Crippen MR) is 134 cm³/mol. The molecule has 1 aliphatic rings. The van der Waals surface area contributed by atoms with Crippen molar-refractivity contribution in [2.75, 3.05) is 7.11 Å². The third-order valence-electron chi connectivity index (χ3n) is 5.71.